The number of carbonyl (C=O) groups is 1. The highest BCUT2D eigenvalue weighted by Crippen LogP contribution is 2.30. The molecule has 2 aromatic heterocycles. The molecular formula is C23H20N2O2. The number of pyridine rings is 1. The number of rotatable bonds is 6. The number of H-pyrrole nitrogens is 1. The van der Waals surface area contributed by atoms with Crippen LogP contribution in [0, 0.1) is 0 Å². The summed E-state index contributed by atoms with van der Waals surface area (Å²) in [7, 11) is 0. The van der Waals surface area contributed by atoms with Crippen molar-refractivity contribution >= 4 is 16.9 Å². The zero-order valence-electron chi connectivity index (χ0n) is 14.9. The number of aromatic amines is 1. The van der Waals surface area contributed by atoms with Crippen molar-refractivity contribution in [3.8, 4) is 17.1 Å². The average molecular weight is 356 g/mol. The Morgan fingerprint density at radius 3 is 2.52 bits per heavy atom. The van der Waals surface area contributed by atoms with Gasteiger partial charge in [0.15, 0.2) is 0 Å². The Hall–Kier alpha value is -3.40. The van der Waals surface area contributed by atoms with Gasteiger partial charge in [0.2, 0.25) is 0 Å². The van der Waals surface area contributed by atoms with E-state index in [4.69, 9.17) is 4.74 Å². The molecule has 0 atom stereocenters. The second-order valence-electron chi connectivity index (χ2n) is 6.38. The monoisotopic (exact) mass is 356 g/mol. The minimum Gasteiger partial charge on any atom is -0.427 e. The molecule has 0 aliphatic carbocycles. The molecule has 0 aliphatic rings. The molecule has 0 saturated carbocycles. The first-order valence-corrected chi connectivity index (χ1v) is 9.08. The number of hydrogen-bond donors (Lipinski definition) is 1. The third kappa shape index (κ3) is 3.90. The van der Waals surface area contributed by atoms with Crippen molar-refractivity contribution in [2.75, 3.05) is 0 Å². The summed E-state index contributed by atoms with van der Waals surface area (Å²) in [5.74, 6) is 0.379. The zero-order chi connectivity index (χ0) is 18.5. The van der Waals surface area contributed by atoms with Crippen molar-refractivity contribution in [1.29, 1.82) is 0 Å². The van der Waals surface area contributed by atoms with Crippen LogP contribution in [0.3, 0.4) is 0 Å². The first-order chi connectivity index (χ1) is 13.3. The number of nitrogens with zero attached hydrogens (tertiary/aromatic N) is 1. The van der Waals surface area contributed by atoms with Crippen LogP contribution in [0.1, 0.15) is 18.4 Å². The summed E-state index contributed by atoms with van der Waals surface area (Å²) in [6, 6.07) is 23.3. The average Bonchev–Trinajstić information content (AvgIpc) is 3.08. The van der Waals surface area contributed by atoms with E-state index in [9.17, 15) is 4.79 Å². The molecule has 4 heteroatoms. The van der Waals surface area contributed by atoms with Gasteiger partial charge in [-0.05, 0) is 48.7 Å². The van der Waals surface area contributed by atoms with Crippen LogP contribution < -0.4 is 4.74 Å². The van der Waals surface area contributed by atoms with Crippen LogP contribution in [0.5, 0.6) is 5.75 Å². The highest BCUT2D eigenvalue weighted by molar-refractivity contribution is 5.90. The number of carbonyl (C=O) groups excluding carboxylic acids is 1. The normalized spacial score (nSPS) is 10.8. The molecule has 0 unspecified atom stereocenters. The summed E-state index contributed by atoms with van der Waals surface area (Å²) >= 11 is 0. The third-order valence-corrected chi connectivity index (χ3v) is 4.52. The third-order valence-electron chi connectivity index (χ3n) is 4.52. The molecule has 0 radical (unpaired) electrons. The number of aryl methyl sites for hydroxylation is 1. The number of nitrogens with one attached hydrogen (secondary N) is 1. The predicted octanol–water partition coefficient (Wildman–Crippen LogP) is 5.16. The van der Waals surface area contributed by atoms with Gasteiger partial charge in [-0.2, -0.15) is 0 Å². The first kappa shape index (κ1) is 17.0. The van der Waals surface area contributed by atoms with E-state index in [2.05, 4.69) is 22.1 Å². The first-order valence-electron chi connectivity index (χ1n) is 9.08. The minimum absolute atomic E-state index is 0.208. The molecular weight excluding hydrogens is 336 g/mol. The van der Waals surface area contributed by atoms with Crippen LogP contribution in [-0.2, 0) is 11.2 Å². The summed E-state index contributed by atoms with van der Waals surface area (Å²) in [5.41, 5.74) is 4.21. The van der Waals surface area contributed by atoms with Crippen molar-refractivity contribution in [2.24, 2.45) is 0 Å². The fourth-order valence-electron chi connectivity index (χ4n) is 3.27. The molecule has 0 saturated heterocycles. The second kappa shape index (κ2) is 7.87. The Balaban J connectivity index is 1.50. The molecule has 2 heterocycles. The number of ether oxygens (including phenoxy) is 1. The smallest absolute Gasteiger partial charge is 0.311 e. The van der Waals surface area contributed by atoms with E-state index in [-0.39, 0.29) is 5.97 Å². The van der Waals surface area contributed by atoms with E-state index in [1.165, 1.54) is 10.9 Å². The molecule has 2 aromatic carbocycles. The van der Waals surface area contributed by atoms with E-state index in [0.717, 1.165) is 23.3 Å². The van der Waals surface area contributed by atoms with E-state index in [1.807, 2.05) is 48.5 Å². The summed E-state index contributed by atoms with van der Waals surface area (Å²) < 4.78 is 5.38. The molecule has 4 rings (SSSR count). The zero-order valence-corrected chi connectivity index (χ0v) is 14.9. The second-order valence-corrected chi connectivity index (χ2v) is 6.38. The number of aromatic nitrogens is 2. The molecule has 27 heavy (non-hydrogen) atoms. The highest BCUT2D eigenvalue weighted by Gasteiger charge is 2.14. The Labute approximate surface area is 157 Å². The van der Waals surface area contributed by atoms with Crippen LogP contribution >= 0.6 is 0 Å². The SMILES string of the molecule is O=C(CCCc1c(-c2ccccn2)[nH]c2ccccc12)Oc1ccccc1. The molecule has 4 nitrogen and oxygen atoms in total. The molecule has 1 N–H and O–H groups in total. The van der Waals surface area contributed by atoms with Crippen LogP contribution in [0.2, 0.25) is 0 Å². The lowest BCUT2D eigenvalue weighted by atomic mass is 10.0. The van der Waals surface area contributed by atoms with E-state index >= 15 is 0 Å². The fraction of sp³-hybridized carbons (Fsp3) is 0.130. The molecule has 0 amide bonds. The summed E-state index contributed by atoms with van der Waals surface area (Å²) in [6.45, 7) is 0. The number of hydrogen-bond acceptors (Lipinski definition) is 3. The lowest BCUT2D eigenvalue weighted by Crippen LogP contribution is -2.08. The van der Waals surface area contributed by atoms with Gasteiger partial charge in [-0.1, -0.05) is 42.5 Å². The number of fused-ring (bicyclic) bond motifs is 1. The van der Waals surface area contributed by atoms with Gasteiger partial charge in [-0.25, -0.2) is 0 Å². The lowest BCUT2D eigenvalue weighted by molar-refractivity contribution is -0.134. The Morgan fingerprint density at radius 2 is 1.70 bits per heavy atom. The van der Waals surface area contributed by atoms with Crippen LogP contribution in [0.15, 0.2) is 79.0 Å². The van der Waals surface area contributed by atoms with Crippen molar-refractivity contribution in [3.63, 3.8) is 0 Å². The van der Waals surface area contributed by atoms with Crippen molar-refractivity contribution in [3.05, 3.63) is 84.6 Å². The topological polar surface area (TPSA) is 55.0 Å². The Kier molecular flexibility index (Phi) is 4.97. The maximum absolute atomic E-state index is 12.1. The fourth-order valence-corrected chi connectivity index (χ4v) is 3.27. The van der Waals surface area contributed by atoms with Gasteiger partial charge in [0.25, 0.3) is 0 Å². The minimum atomic E-state index is -0.208. The summed E-state index contributed by atoms with van der Waals surface area (Å²) in [4.78, 5) is 20.1. The maximum atomic E-state index is 12.1. The Morgan fingerprint density at radius 1 is 0.926 bits per heavy atom. The van der Waals surface area contributed by atoms with Crippen LogP contribution in [-0.4, -0.2) is 15.9 Å². The number of benzene rings is 2. The van der Waals surface area contributed by atoms with Crippen LogP contribution in [0.4, 0.5) is 0 Å². The van der Waals surface area contributed by atoms with Gasteiger partial charge in [-0.3, -0.25) is 9.78 Å². The molecule has 0 aliphatic heterocycles. The number of esters is 1. The highest BCUT2D eigenvalue weighted by atomic mass is 16.5. The van der Waals surface area contributed by atoms with Gasteiger partial charge < -0.3 is 9.72 Å². The number of para-hydroxylation sites is 2. The van der Waals surface area contributed by atoms with Crippen molar-refractivity contribution in [2.45, 2.75) is 19.3 Å². The molecule has 0 bridgehead atoms. The van der Waals surface area contributed by atoms with Gasteiger partial charge in [0, 0.05) is 23.5 Å². The van der Waals surface area contributed by atoms with E-state index in [0.29, 0.717) is 18.6 Å². The largest absolute Gasteiger partial charge is 0.427 e. The maximum Gasteiger partial charge on any atom is 0.311 e. The molecule has 0 fully saturated rings. The van der Waals surface area contributed by atoms with Gasteiger partial charge >= 0.3 is 5.97 Å². The van der Waals surface area contributed by atoms with Gasteiger partial charge in [0.1, 0.15) is 5.75 Å². The van der Waals surface area contributed by atoms with Crippen LogP contribution in [0.25, 0.3) is 22.3 Å². The van der Waals surface area contributed by atoms with E-state index in [1.54, 1.807) is 18.3 Å². The quantitative estimate of drug-likeness (QED) is 0.383. The van der Waals surface area contributed by atoms with Gasteiger partial charge in [-0.15, -0.1) is 0 Å². The molecule has 4 aromatic rings. The lowest BCUT2D eigenvalue weighted by Gasteiger charge is -2.06. The Bertz CT molecular complexity index is 1040. The predicted molar refractivity (Wildman–Crippen MR) is 107 cm³/mol. The molecule has 0 spiro atoms. The van der Waals surface area contributed by atoms with E-state index < -0.39 is 0 Å². The van der Waals surface area contributed by atoms with Crippen molar-refractivity contribution in [1.82, 2.24) is 9.97 Å². The van der Waals surface area contributed by atoms with Crippen molar-refractivity contribution < 1.29 is 9.53 Å². The molecule has 134 valence electrons. The van der Waals surface area contributed by atoms with Gasteiger partial charge in [0.05, 0.1) is 11.4 Å². The summed E-state index contributed by atoms with van der Waals surface area (Å²) in [6.07, 6.45) is 3.66. The summed E-state index contributed by atoms with van der Waals surface area (Å²) in [5, 5.41) is 1.18. The standard InChI is InChI=1S/C23H20N2O2/c26-22(27-17-9-2-1-3-10-17)15-8-12-19-18-11-4-5-13-20(18)25-23(19)21-14-6-7-16-24-21/h1-7,9-11,13-14,16,25H,8,12,15H2.